The van der Waals surface area contributed by atoms with Crippen molar-refractivity contribution in [2.24, 2.45) is 0 Å². The molecule has 6 nitrogen and oxygen atoms in total. The molecule has 3 aromatic rings. The monoisotopic (exact) mass is 455 g/mol. The predicted octanol–water partition coefficient (Wildman–Crippen LogP) is 4.34. The number of benzene rings is 2. The van der Waals surface area contributed by atoms with Gasteiger partial charge < -0.3 is 14.2 Å². The summed E-state index contributed by atoms with van der Waals surface area (Å²) >= 11 is 6.21. The molecule has 8 heteroatoms. The smallest absolute Gasteiger partial charge is 0.259 e. The van der Waals surface area contributed by atoms with Crippen molar-refractivity contribution in [1.82, 2.24) is 15.0 Å². The maximum absolute atomic E-state index is 14.5. The summed E-state index contributed by atoms with van der Waals surface area (Å²) in [6.45, 7) is 5.88. The van der Waals surface area contributed by atoms with Crippen molar-refractivity contribution >= 4 is 17.5 Å². The van der Waals surface area contributed by atoms with Gasteiger partial charge in [0.15, 0.2) is 0 Å². The molecule has 0 unspecified atom stereocenters. The van der Waals surface area contributed by atoms with Crippen molar-refractivity contribution in [2.75, 3.05) is 32.8 Å². The molecular weight excluding hydrogens is 433 g/mol. The fraction of sp³-hybridized carbons (Fsp3) is 0.333. The number of aromatic nitrogens is 1. The maximum Gasteiger partial charge on any atom is 0.259 e. The minimum Gasteiger partial charge on any atom is -0.493 e. The van der Waals surface area contributed by atoms with Gasteiger partial charge in [-0.25, -0.2) is 4.39 Å². The van der Waals surface area contributed by atoms with Gasteiger partial charge in [-0.05, 0) is 36.2 Å². The van der Waals surface area contributed by atoms with Gasteiger partial charge in [0.1, 0.15) is 28.6 Å². The van der Waals surface area contributed by atoms with Gasteiger partial charge in [-0.2, -0.15) is 0 Å². The summed E-state index contributed by atoms with van der Waals surface area (Å²) in [6.07, 6.45) is 0.956. The van der Waals surface area contributed by atoms with Crippen LogP contribution in [0.1, 0.15) is 27.2 Å². The molecule has 166 valence electrons. The van der Waals surface area contributed by atoms with Gasteiger partial charge in [-0.3, -0.25) is 9.69 Å². The average molecular weight is 456 g/mol. The Kier molecular flexibility index (Phi) is 5.61. The first-order chi connectivity index (χ1) is 15.5. The third-order valence-corrected chi connectivity index (χ3v) is 6.41. The van der Waals surface area contributed by atoms with Crippen LogP contribution in [0, 0.1) is 12.7 Å². The number of hydrogen-bond donors (Lipinski definition) is 0. The third kappa shape index (κ3) is 3.87. The quantitative estimate of drug-likeness (QED) is 0.586. The summed E-state index contributed by atoms with van der Waals surface area (Å²) in [7, 11) is 0. The van der Waals surface area contributed by atoms with Crippen molar-refractivity contribution in [3.05, 3.63) is 69.7 Å². The number of fused-ring (bicyclic) bond motifs is 1. The Balaban J connectivity index is 1.29. The van der Waals surface area contributed by atoms with E-state index in [1.165, 1.54) is 23.3 Å². The Bertz CT molecular complexity index is 1150. The van der Waals surface area contributed by atoms with Crippen molar-refractivity contribution in [3.8, 4) is 17.0 Å². The van der Waals surface area contributed by atoms with E-state index in [0.717, 1.165) is 38.4 Å². The van der Waals surface area contributed by atoms with Crippen LogP contribution >= 0.6 is 11.6 Å². The van der Waals surface area contributed by atoms with E-state index in [2.05, 4.69) is 22.2 Å². The van der Waals surface area contributed by atoms with Crippen LogP contribution in [0.2, 0.25) is 5.02 Å². The second kappa shape index (κ2) is 8.56. The van der Waals surface area contributed by atoms with E-state index in [1.54, 1.807) is 17.9 Å². The van der Waals surface area contributed by atoms with Crippen LogP contribution in [0.25, 0.3) is 11.3 Å². The first kappa shape index (κ1) is 21.0. The van der Waals surface area contributed by atoms with Crippen molar-refractivity contribution < 1.29 is 18.4 Å². The Morgan fingerprint density at radius 1 is 1.19 bits per heavy atom. The van der Waals surface area contributed by atoms with E-state index >= 15 is 0 Å². The number of ether oxygens (including phenoxy) is 1. The van der Waals surface area contributed by atoms with Gasteiger partial charge in [0.2, 0.25) is 0 Å². The van der Waals surface area contributed by atoms with E-state index in [0.29, 0.717) is 18.8 Å². The first-order valence-corrected chi connectivity index (χ1v) is 11.1. The fourth-order valence-electron chi connectivity index (χ4n) is 4.38. The SMILES string of the molecule is Cc1onc(-c2c(F)cccc2Cl)c1C(=O)N1CCN(Cc2ccc3c(c2)CCO3)CC1. The van der Waals surface area contributed by atoms with E-state index in [9.17, 15) is 9.18 Å². The molecule has 0 aliphatic carbocycles. The van der Waals surface area contributed by atoms with Gasteiger partial charge in [0, 0.05) is 39.1 Å². The van der Waals surface area contributed by atoms with Crippen molar-refractivity contribution in [2.45, 2.75) is 19.9 Å². The standard InChI is InChI=1S/C24H23ClFN3O3/c1-15-21(23(27-32-15)22-18(25)3-2-4-19(22)26)24(30)29-10-8-28(9-11-29)14-16-5-6-20-17(13-16)7-12-31-20/h2-6,13H,7-12,14H2,1H3. The normalized spacial score (nSPS) is 16.2. The Morgan fingerprint density at radius 2 is 2.00 bits per heavy atom. The average Bonchev–Trinajstić information content (AvgIpc) is 3.40. The zero-order valence-electron chi connectivity index (χ0n) is 17.7. The van der Waals surface area contributed by atoms with Crippen LogP contribution in [-0.2, 0) is 13.0 Å². The Labute approximate surface area is 190 Å². The highest BCUT2D eigenvalue weighted by molar-refractivity contribution is 6.33. The number of nitrogens with zero attached hydrogens (tertiary/aromatic N) is 3. The number of hydrogen-bond acceptors (Lipinski definition) is 5. The van der Waals surface area contributed by atoms with E-state index < -0.39 is 5.82 Å². The Hall–Kier alpha value is -2.90. The van der Waals surface area contributed by atoms with E-state index in [4.69, 9.17) is 20.9 Å². The number of piperazine rings is 1. The van der Waals surface area contributed by atoms with E-state index in [-0.39, 0.29) is 27.8 Å². The molecule has 0 bridgehead atoms. The maximum atomic E-state index is 14.5. The van der Waals surface area contributed by atoms with Crippen LogP contribution in [-0.4, -0.2) is 53.6 Å². The van der Waals surface area contributed by atoms with Gasteiger partial charge in [0.05, 0.1) is 17.2 Å². The van der Waals surface area contributed by atoms with E-state index in [1.807, 2.05) is 6.07 Å². The molecule has 32 heavy (non-hydrogen) atoms. The number of carbonyl (C=O) groups excluding carboxylic acids is 1. The molecule has 2 aromatic carbocycles. The summed E-state index contributed by atoms with van der Waals surface area (Å²) < 4.78 is 25.3. The minimum atomic E-state index is -0.538. The Morgan fingerprint density at radius 3 is 2.78 bits per heavy atom. The minimum absolute atomic E-state index is 0.0913. The molecule has 0 radical (unpaired) electrons. The second-order valence-electron chi connectivity index (χ2n) is 8.17. The first-order valence-electron chi connectivity index (χ1n) is 10.7. The number of carbonyl (C=O) groups is 1. The largest absolute Gasteiger partial charge is 0.493 e. The van der Waals surface area contributed by atoms with Gasteiger partial charge in [0.25, 0.3) is 5.91 Å². The van der Waals surface area contributed by atoms with Gasteiger partial charge >= 0.3 is 0 Å². The predicted molar refractivity (Wildman–Crippen MR) is 118 cm³/mol. The molecule has 5 rings (SSSR count). The number of aryl methyl sites for hydroxylation is 1. The topological polar surface area (TPSA) is 58.8 Å². The number of halogens is 2. The highest BCUT2D eigenvalue weighted by Gasteiger charge is 2.30. The van der Waals surface area contributed by atoms with Crippen LogP contribution in [0.5, 0.6) is 5.75 Å². The molecule has 1 fully saturated rings. The molecule has 1 amide bonds. The molecule has 1 saturated heterocycles. The fourth-order valence-corrected chi connectivity index (χ4v) is 4.63. The summed E-state index contributed by atoms with van der Waals surface area (Å²) in [5.41, 5.74) is 3.02. The highest BCUT2D eigenvalue weighted by Crippen LogP contribution is 2.34. The van der Waals surface area contributed by atoms with Crippen LogP contribution in [0.4, 0.5) is 4.39 Å². The van der Waals surface area contributed by atoms with Crippen molar-refractivity contribution in [1.29, 1.82) is 0 Å². The number of amides is 1. The molecular formula is C24H23ClFN3O3. The molecule has 2 aliphatic heterocycles. The summed E-state index contributed by atoms with van der Waals surface area (Å²) in [4.78, 5) is 17.4. The van der Waals surface area contributed by atoms with Crippen LogP contribution in [0.3, 0.4) is 0 Å². The lowest BCUT2D eigenvalue weighted by atomic mass is 10.0. The lowest BCUT2D eigenvalue weighted by Gasteiger charge is -2.34. The molecule has 3 heterocycles. The molecule has 0 saturated carbocycles. The lowest BCUT2D eigenvalue weighted by molar-refractivity contribution is 0.0627. The number of rotatable bonds is 4. The van der Waals surface area contributed by atoms with Crippen LogP contribution in [0.15, 0.2) is 40.9 Å². The molecule has 0 atom stereocenters. The summed E-state index contributed by atoms with van der Waals surface area (Å²) in [5.74, 6) is 0.586. The van der Waals surface area contributed by atoms with Gasteiger partial charge in [-0.15, -0.1) is 0 Å². The second-order valence-corrected chi connectivity index (χ2v) is 8.58. The molecule has 1 aromatic heterocycles. The van der Waals surface area contributed by atoms with Crippen molar-refractivity contribution in [3.63, 3.8) is 0 Å². The zero-order chi connectivity index (χ0) is 22.2. The summed E-state index contributed by atoms with van der Waals surface area (Å²) in [5, 5.41) is 4.15. The summed E-state index contributed by atoms with van der Waals surface area (Å²) in [6, 6.07) is 10.7. The van der Waals surface area contributed by atoms with Crippen LogP contribution < -0.4 is 4.74 Å². The lowest BCUT2D eigenvalue weighted by Crippen LogP contribution is -2.48. The highest BCUT2D eigenvalue weighted by atomic mass is 35.5. The van der Waals surface area contributed by atoms with Gasteiger partial charge in [-0.1, -0.05) is 35.0 Å². The molecule has 0 N–H and O–H groups in total. The molecule has 2 aliphatic rings. The molecule has 0 spiro atoms. The third-order valence-electron chi connectivity index (χ3n) is 6.10. The zero-order valence-corrected chi connectivity index (χ0v) is 18.5.